The zero-order chi connectivity index (χ0) is 13.0. The van der Waals surface area contributed by atoms with Crippen LogP contribution in [0.4, 0.5) is 5.95 Å². The number of benzene rings is 1. The Morgan fingerprint density at radius 3 is 2.28 bits per heavy atom. The second-order valence-corrected chi connectivity index (χ2v) is 5.37. The lowest BCUT2D eigenvalue weighted by atomic mass is 10.1. The molecule has 1 aromatic carbocycles. The van der Waals surface area contributed by atoms with Gasteiger partial charge in [0.1, 0.15) is 0 Å². The summed E-state index contributed by atoms with van der Waals surface area (Å²) in [4.78, 5) is 8.15. The fourth-order valence-electron chi connectivity index (χ4n) is 1.26. The third-order valence-electron chi connectivity index (χ3n) is 2.21. The molecule has 0 fully saturated rings. The maximum atomic E-state index is 4.24. The van der Waals surface area contributed by atoms with Gasteiger partial charge in [0.25, 0.3) is 0 Å². The van der Waals surface area contributed by atoms with E-state index >= 15 is 0 Å². The molecule has 2 aromatic rings. The van der Waals surface area contributed by atoms with E-state index in [4.69, 9.17) is 0 Å². The maximum Gasteiger partial charge on any atom is 0.243 e. The lowest BCUT2D eigenvalue weighted by molar-refractivity contribution is 1.10. The van der Waals surface area contributed by atoms with Gasteiger partial charge < -0.3 is 0 Å². The molecule has 92 valence electrons. The number of rotatable bonds is 3. The molecule has 2 rings (SSSR count). The molecule has 1 N–H and O–H groups in total. The number of nitrogens with one attached hydrogen (secondary N) is 1. The molecule has 0 unspecified atom stereocenters. The van der Waals surface area contributed by atoms with Gasteiger partial charge in [-0.2, -0.15) is 5.10 Å². The Morgan fingerprint density at radius 1 is 1.06 bits per heavy atom. The second kappa shape index (κ2) is 6.06. The minimum atomic E-state index is 0.467. The van der Waals surface area contributed by atoms with Crippen molar-refractivity contribution < 1.29 is 0 Å². The van der Waals surface area contributed by atoms with Crippen LogP contribution in [0.25, 0.3) is 0 Å². The number of nitrogens with zero attached hydrogens (tertiary/aromatic N) is 3. The maximum absolute atomic E-state index is 4.24. The largest absolute Gasteiger partial charge is 0.245 e. The standard InChI is InChI=1S/C12H10Br2N4/c1-8(9-2-4-10(13)5-3-9)17-18-12-15-6-11(14)7-16-12/h2-7H,1H3,(H,15,16,18). The third-order valence-corrected chi connectivity index (χ3v) is 3.14. The molecule has 0 aliphatic carbocycles. The van der Waals surface area contributed by atoms with Crippen LogP contribution in [0, 0.1) is 0 Å². The lowest BCUT2D eigenvalue weighted by Gasteiger charge is -2.02. The van der Waals surface area contributed by atoms with E-state index in [2.05, 4.69) is 52.4 Å². The molecule has 1 aromatic heterocycles. The number of hydrazone groups is 1. The van der Waals surface area contributed by atoms with E-state index in [1.165, 1.54) is 0 Å². The Morgan fingerprint density at radius 2 is 1.67 bits per heavy atom. The first kappa shape index (κ1) is 13.2. The number of halogens is 2. The van der Waals surface area contributed by atoms with Crippen LogP contribution < -0.4 is 5.43 Å². The zero-order valence-corrected chi connectivity index (χ0v) is 12.7. The lowest BCUT2D eigenvalue weighted by Crippen LogP contribution is -2.01. The monoisotopic (exact) mass is 368 g/mol. The van der Waals surface area contributed by atoms with Gasteiger partial charge in [-0.1, -0.05) is 28.1 Å². The summed E-state index contributed by atoms with van der Waals surface area (Å²) in [6.45, 7) is 1.93. The molecule has 0 radical (unpaired) electrons. The van der Waals surface area contributed by atoms with Crippen molar-refractivity contribution in [3.63, 3.8) is 0 Å². The van der Waals surface area contributed by atoms with Crippen molar-refractivity contribution in [2.24, 2.45) is 5.10 Å². The smallest absolute Gasteiger partial charge is 0.243 e. The predicted octanol–water partition coefficient (Wildman–Crippen LogP) is 3.84. The van der Waals surface area contributed by atoms with E-state index in [9.17, 15) is 0 Å². The van der Waals surface area contributed by atoms with Crippen molar-refractivity contribution in [1.29, 1.82) is 0 Å². The topological polar surface area (TPSA) is 50.2 Å². The van der Waals surface area contributed by atoms with Crippen LogP contribution in [0.15, 0.2) is 50.7 Å². The van der Waals surface area contributed by atoms with Crippen molar-refractivity contribution >= 4 is 43.5 Å². The first-order valence-corrected chi connectivity index (χ1v) is 6.77. The van der Waals surface area contributed by atoms with E-state index < -0.39 is 0 Å². The molecule has 6 heteroatoms. The number of hydrogen-bond donors (Lipinski definition) is 1. The molecule has 0 amide bonds. The average molecular weight is 370 g/mol. The van der Waals surface area contributed by atoms with Gasteiger partial charge in [0.15, 0.2) is 0 Å². The van der Waals surface area contributed by atoms with Gasteiger partial charge in [0.2, 0.25) is 5.95 Å². The molecule has 0 aliphatic rings. The average Bonchev–Trinajstić information content (AvgIpc) is 2.38. The SMILES string of the molecule is CC(=NNc1ncc(Br)cn1)c1ccc(Br)cc1. The van der Waals surface area contributed by atoms with Crippen molar-refractivity contribution in [1.82, 2.24) is 9.97 Å². The summed E-state index contributed by atoms with van der Waals surface area (Å²) in [5.41, 5.74) is 4.73. The molecule has 0 atom stereocenters. The van der Waals surface area contributed by atoms with E-state index in [0.717, 1.165) is 20.2 Å². The van der Waals surface area contributed by atoms with Crippen LogP contribution in [0.1, 0.15) is 12.5 Å². The minimum Gasteiger partial charge on any atom is -0.245 e. The quantitative estimate of drug-likeness (QED) is 0.660. The van der Waals surface area contributed by atoms with Crippen LogP contribution in [0.3, 0.4) is 0 Å². The minimum absolute atomic E-state index is 0.467. The summed E-state index contributed by atoms with van der Waals surface area (Å²) in [7, 11) is 0. The molecule has 0 saturated heterocycles. The highest BCUT2D eigenvalue weighted by Gasteiger charge is 1.98. The predicted molar refractivity (Wildman–Crippen MR) is 79.7 cm³/mol. The van der Waals surface area contributed by atoms with Crippen LogP contribution in [-0.4, -0.2) is 15.7 Å². The van der Waals surface area contributed by atoms with Crippen molar-refractivity contribution in [3.8, 4) is 0 Å². The summed E-state index contributed by atoms with van der Waals surface area (Å²) < 4.78 is 1.88. The van der Waals surface area contributed by atoms with Gasteiger partial charge >= 0.3 is 0 Å². The fraction of sp³-hybridized carbons (Fsp3) is 0.0833. The summed E-state index contributed by atoms with van der Waals surface area (Å²) in [6, 6.07) is 7.94. The van der Waals surface area contributed by atoms with Crippen LogP contribution >= 0.6 is 31.9 Å². The third kappa shape index (κ3) is 3.61. The van der Waals surface area contributed by atoms with E-state index in [-0.39, 0.29) is 0 Å². The first-order valence-electron chi connectivity index (χ1n) is 5.19. The van der Waals surface area contributed by atoms with Crippen LogP contribution in [0.5, 0.6) is 0 Å². The normalized spacial score (nSPS) is 11.4. The van der Waals surface area contributed by atoms with E-state index in [1.54, 1.807) is 12.4 Å². The Bertz CT molecular complexity index is 549. The highest BCUT2D eigenvalue weighted by atomic mass is 79.9. The molecular weight excluding hydrogens is 360 g/mol. The molecule has 1 heterocycles. The number of anilines is 1. The number of hydrogen-bond acceptors (Lipinski definition) is 4. The summed E-state index contributed by atoms with van der Waals surface area (Å²) >= 11 is 6.67. The Kier molecular flexibility index (Phi) is 4.43. The van der Waals surface area contributed by atoms with E-state index in [0.29, 0.717) is 5.95 Å². The highest BCUT2D eigenvalue weighted by molar-refractivity contribution is 9.10. The molecule has 18 heavy (non-hydrogen) atoms. The Hall–Kier alpha value is -1.27. The zero-order valence-electron chi connectivity index (χ0n) is 9.56. The van der Waals surface area contributed by atoms with Crippen molar-refractivity contribution in [3.05, 3.63) is 51.2 Å². The summed E-state index contributed by atoms with van der Waals surface area (Å²) in [5, 5.41) is 4.24. The fourth-order valence-corrected chi connectivity index (χ4v) is 1.73. The molecule has 0 spiro atoms. The molecular formula is C12H10Br2N4. The van der Waals surface area contributed by atoms with Crippen LogP contribution in [0.2, 0.25) is 0 Å². The van der Waals surface area contributed by atoms with E-state index in [1.807, 2.05) is 31.2 Å². The Labute approximate surface area is 122 Å². The molecule has 0 aliphatic heterocycles. The molecule has 0 saturated carbocycles. The van der Waals surface area contributed by atoms with Gasteiger partial charge in [-0.15, -0.1) is 0 Å². The summed E-state index contributed by atoms with van der Waals surface area (Å²) in [6.07, 6.45) is 3.33. The van der Waals surface area contributed by atoms with Crippen LogP contribution in [-0.2, 0) is 0 Å². The molecule has 4 nitrogen and oxygen atoms in total. The Balaban J connectivity index is 2.09. The van der Waals surface area contributed by atoms with Gasteiger partial charge in [0.05, 0.1) is 10.2 Å². The number of aromatic nitrogens is 2. The van der Waals surface area contributed by atoms with Crippen molar-refractivity contribution in [2.45, 2.75) is 6.92 Å². The van der Waals surface area contributed by atoms with Gasteiger partial charge in [-0.25, -0.2) is 15.4 Å². The molecule has 0 bridgehead atoms. The van der Waals surface area contributed by atoms with Gasteiger partial charge in [0, 0.05) is 16.9 Å². The second-order valence-electron chi connectivity index (χ2n) is 3.54. The van der Waals surface area contributed by atoms with Crippen molar-refractivity contribution in [2.75, 3.05) is 5.43 Å². The first-order chi connectivity index (χ1) is 8.65. The summed E-state index contributed by atoms with van der Waals surface area (Å²) in [5.74, 6) is 0.467. The highest BCUT2D eigenvalue weighted by Crippen LogP contribution is 2.11. The van der Waals surface area contributed by atoms with Gasteiger partial charge in [-0.05, 0) is 40.5 Å². The van der Waals surface area contributed by atoms with Gasteiger partial charge in [-0.3, -0.25) is 0 Å².